The van der Waals surface area contributed by atoms with E-state index in [2.05, 4.69) is 10.3 Å². The lowest BCUT2D eigenvalue weighted by molar-refractivity contribution is 0.102. The van der Waals surface area contributed by atoms with E-state index in [1.54, 1.807) is 0 Å². The van der Waals surface area contributed by atoms with Gasteiger partial charge in [0.15, 0.2) is 11.6 Å². The largest absolute Gasteiger partial charge is 0.319 e. The minimum Gasteiger partial charge on any atom is -0.319 e. The third kappa shape index (κ3) is 2.57. The number of carbonyl (C=O) groups is 1. The lowest BCUT2D eigenvalue weighted by atomic mass is 10.2. The van der Waals surface area contributed by atoms with E-state index in [4.69, 9.17) is 0 Å². The van der Waals surface area contributed by atoms with Gasteiger partial charge in [-0.05, 0) is 30.7 Å². The lowest BCUT2D eigenvalue weighted by Gasteiger charge is -2.08. The van der Waals surface area contributed by atoms with Crippen molar-refractivity contribution in [2.24, 2.45) is 0 Å². The fourth-order valence-corrected chi connectivity index (χ4v) is 1.49. The number of amides is 1. The number of benzene rings is 1. The van der Waals surface area contributed by atoms with Crippen LogP contribution in [0.15, 0.2) is 30.5 Å². The van der Waals surface area contributed by atoms with Crippen molar-refractivity contribution in [2.75, 3.05) is 5.32 Å². The van der Waals surface area contributed by atoms with Crippen molar-refractivity contribution in [3.63, 3.8) is 0 Å². The normalized spacial score (nSPS) is 10.3. The molecule has 0 fully saturated rings. The Bertz CT molecular complexity index is 644. The Morgan fingerprint density at radius 2 is 1.89 bits per heavy atom. The van der Waals surface area contributed by atoms with Crippen LogP contribution < -0.4 is 5.32 Å². The average molecular weight is 266 g/mol. The molecule has 1 heterocycles. The Balaban J connectivity index is 2.30. The maximum atomic E-state index is 13.5. The summed E-state index contributed by atoms with van der Waals surface area (Å²) >= 11 is 0. The zero-order valence-corrected chi connectivity index (χ0v) is 9.88. The second kappa shape index (κ2) is 5.09. The van der Waals surface area contributed by atoms with Crippen LogP contribution in [-0.2, 0) is 0 Å². The third-order valence-electron chi connectivity index (χ3n) is 2.53. The molecule has 0 spiro atoms. The third-order valence-corrected chi connectivity index (χ3v) is 2.53. The van der Waals surface area contributed by atoms with Crippen LogP contribution >= 0.6 is 0 Å². The number of rotatable bonds is 2. The van der Waals surface area contributed by atoms with Crippen molar-refractivity contribution >= 4 is 11.6 Å². The summed E-state index contributed by atoms with van der Waals surface area (Å²) in [5.41, 5.74) is -0.581. The van der Waals surface area contributed by atoms with E-state index in [0.717, 1.165) is 0 Å². The molecule has 0 unspecified atom stereocenters. The molecule has 0 saturated carbocycles. The smallest absolute Gasteiger partial charge is 0.260 e. The van der Waals surface area contributed by atoms with Gasteiger partial charge >= 0.3 is 0 Å². The van der Waals surface area contributed by atoms with Gasteiger partial charge in [-0.3, -0.25) is 4.79 Å². The summed E-state index contributed by atoms with van der Waals surface area (Å²) in [6.07, 6.45) is 1.18. The fraction of sp³-hybridized carbons (Fsp3) is 0.0769. The Morgan fingerprint density at radius 3 is 2.58 bits per heavy atom. The lowest BCUT2D eigenvalue weighted by Crippen LogP contribution is -2.16. The molecule has 2 aromatic rings. The van der Waals surface area contributed by atoms with E-state index in [-0.39, 0.29) is 16.8 Å². The molecule has 98 valence electrons. The van der Waals surface area contributed by atoms with E-state index in [9.17, 15) is 18.0 Å². The monoisotopic (exact) mass is 266 g/mol. The number of nitrogens with one attached hydrogen (secondary N) is 1. The summed E-state index contributed by atoms with van der Waals surface area (Å²) in [4.78, 5) is 15.0. The number of halogens is 3. The molecule has 0 radical (unpaired) electrons. The quantitative estimate of drug-likeness (QED) is 0.849. The van der Waals surface area contributed by atoms with Crippen molar-refractivity contribution in [1.82, 2.24) is 4.98 Å². The zero-order chi connectivity index (χ0) is 14.0. The average Bonchev–Trinajstić information content (AvgIpc) is 2.40. The van der Waals surface area contributed by atoms with Crippen molar-refractivity contribution in [3.05, 3.63) is 59.2 Å². The molecule has 2 rings (SSSR count). The molecule has 1 N–H and O–H groups in total. The van der Waals surface area contributed by atoms with E-state index in [0.29, 0.717) is 0 Å². The molecule has 6 heteroatoms. The summed E-state index contributed by atoms with van der Waals surface area (Å²) in [5.74, 6) is -4.11. The molecule has 1 aromatic carbocycles. The minimum absolute atomic E-state index is 0.114. The van der Waals surface area contributed by atoms with Crippen LogP contribution in [0.5, 0.6) is 0 Å². The maximum absolute atomic E-state index is 13.5. The predicted molar refractivity (Wildman–Crippen MR) is 63.2 cm³/mol. The molecular weight excluding hydrogens is 257 g/mol. The second-order valence-electron chi connectivity index (χ2n) is 3.85. The molecule has 1 aromatic heterocycles. The van der Waals surface area contributed by atoms with Gasteiger partial charge in [-0.25, -0.2) is 13.8 Å². The molecule has 0 saturated heterocycles. The van der Waals surface area contributed by atoms with Crippen LogP contribution in [0, 0.1) is 24.5 Å². The van der Waals surface area contributed by atoms with Crippen LogP contribution in [0.1, 0.15) is 15.9 Å². The Kier molecular flexibility index (Phi) is 3.50. The summed E-state index contributed by atoms with van der Waals surface area (Å²) in [6.45, 7) is 1.39. The molecule has 1 amide bonds. The van der Waals surface area contributed by atoms with Crippen molar-refractivity contribution in [2.45, 2.75) is 6.92 Å². The number of hydrogen-bond acceptors (Lipinski definition) is 2. The Morgan fingerprint density at radius 1 is 1.16 bits per heavy atom. The van der Waals surface area contributed by atoms with Gasteiger partial charge < -0.3 is 5.32 Å². The first-order valence-electron chi connectivity index (χ1n) is 5.37. The molecular formula is C13H9F3N2O. The topological polar surface area (TPSA) is 42.0 Å². The Hall–Kier alpha value is -2.37. The van der Waals surface area contributed by atoms with Gasteiger partial charge in [0.05, 0.1) is 11.3 Å². The number of pyridine rings is 1. The highest BCUT2D eigenvalue weighted by molar-refractivity contribution is 6.04. The summed E-state index contributed by atoms with van der Waals surface area (Å²) < 4.78 is 40.1. The highest BCUT2D eigenvalue weighted by Gasteiger charge is 2.16. The van der Waals surface area contributed by atoms with Crippen LogP contribution in [0.25, 0.3) is 0 Å². The van der Waals surface area contributed by atoms with E-state index < -0.39 is 23.5 Å². The summed E-state index contributed by atoms with van der Waals surface area (Å²) in [5, 5.41) is 2.10. The molecule has 19 heavy (non-hydrogen) atoms. The molecule has 3 nitrogen and oxygen atoms in total. The Labute approximate surface area is 107 Å². The summed E-state index contributed by atoms with van der Waals surface area (Å²) in [7, 11) is 0. The van der Waals surface area contributed by atoms with Gasteiger partial charge in [0.2, 0.25) is 5.95 Å². The van der Waals surface area contributed by atoms with Crippen molar-refractivity contribution in [3.8, 4) is 0 Å². The molecule has 0 aliphatic rings. The van der Waals surface area contributed by atoms with Crippen LogP contribution in [0.2, 0.25) is 0 Å². The van der Waals surface area contributed by atoms with Gasteiger partial charge in [0.25, 0.3) is 5.91 Å². The maximum Gasteiger partial charge on any atom is 0.260 e. The number of anilines is 1. The minimum atomic E-state index is -1.18. The number of carbonyl (C=O) groups excluding carboxylic acids is 1. The van der Waals surface area contributed by atoms with Gasteiger partial charge in [0, 0.05) is 6.20 Å². The van der Waals surface area contributed by atoms with Crippen molar-refractivity contribution < 1.29 is 18.0 Å². The van der Waals surface area contributed by atoms with Crippen LogP contribution in [0.3, 0.4) is 0 Å². The van der Waals surface area contributed by atoms with Crippen LogP contribution in [-0.4, -0.2) is 10.9 Å². The van der Waals surface area contributed by atoms with E-state index in [1.807, 2.05) is 0 Å². The molecule has 0 atom stereocenters. The number of aryl methyl sites for hydroxylation is 1. The number of hydrogen-bond donors (Lipinski definition) is 1. The van der Waals surface area contributed by atoms with Gasteiger partial charge in [-0.1, -0.05) is 6.07 Å². The summed E-state index contributed by atoms with van der Waals surface area (Å²) in [6, 6.07) is 5.08. The first-order chi connectivity index (χ1) is 9.00. The van der Waals surface area contributed by atoms with Crippen molar-refractivity contribution in [1.29, 1.82) is 0 Å². The molecule has 0 aliphatic heterocycles. The van der Waals surface area contributed by atoms with Gasteiger partial charge in [-0.15, -0.1) is 0 Å². The highest BCUT2D eigenvalue weighted by atomic mass is 19.2. The fourth-order valence-electron chi connectivity index (χ4n) is 1.49. The predicted octanol–water partition coefficient (Wildman–Crippen LogP) is 3.06. The van der Waals surface area contributed by atoms with Crippen LogP contribution in [0.4, 0.5) is 18.9 Å². The standard InChI is InChI=1S/C13H9F3N2O/c1-7-4-5-9(11(15)10(7)14)18-13(19)8-3-2-6-17-12(8)16/h2-6H,1H3,(H,18,19). The SMILES string of the molecule is Cc1ccc(NC(=O)c2cccnc2F)c(F)c1F. The van der Waals surface area contributed by atoms with E-state index in [1.165, 1.54) is 37.4 Å². The number of aromatic nitrogens is 1. The first kappa shape index (κ1) is 13.1. The highest BCUT2D eigenvalue weighted by Crippen LogP contribution is 2.20. The zero-order valence-electron chi connectivity index (χ0n) is 9.88. The molecule has 0 bridgehead atoms. The van der Waals surface area contributed by atoms with Gasteiger partial charge in [0.1, 0.15) is 0 Å². The van der Waals surface area contributed by atoms with E-state index >= 15 is 0 Å². The second-order valence-corrected chi connectivity index (χ2v) is 3.85. The number of nitrogens with zero attached hydrogens (tertiary/aromatic N) is 1. The molecule has 0 aliphatic carbocycles. The first-order valence-corrected chi connectivity index (χ1v) is 5.37. The van der Waals surface area contributed by atoms with Gasteiger partial charge in [-0.2, -0.15) is 4.39 Å².